The van der Waals surface area contributed by atoms with Gasteiger partial charge in [-0.15, -0.1) is 0 Å². The summed E-state index contributed by atoms with van der Waals surface area (Å²) in [6, 6.07) is 23.8. The second-order valence-electron chi connectivity index (χ2n) is 6.62. The van der Waals surface area contributed by atoms with E-state index in [1.165, 1.54) is 42.9 Å². The molecule has 0 amide bonds. The summed E-state index contributed by atoms with van der Waals surface area (Å²) in [6.07, 6.45) is 1.89. The van der Waals surface area contributed by atoms with Crippen LogP contribution in [0.1, 0.15) is 29.5 Å². The third-order valence-corrected chi connectivity index (χ3v) is 6.12. The Labute approximate surface area is 179 Å². The first-order chi connectivity index (χ1) is 12.3. The van der Waals surface area contributed by atoms with E-state index in [4.69, 9.17) is 4.98 Å². The van der Waals surface area contributed by atoms with Crippen LogP contribution in [0.25, 0.3) is 26.1 Å². The Hall–Kier alpha value is -1.82. The number of aromatic nitrogens is 1. The molecule has 133 valence electrons. The summed E-state index contributed by atoms with van der Waals surface area (Å²) in [7, 11) is 0. The average molecular weight is 429 g/mol. The minimum Gasteiger partial charge on any atom is -1.00 e. The number of allylic oxidation sites excluding steroid dienone is 1. The fraction of sp³-hybridized carbons (Fsp3) is 0.0870. The van der Waals surface area contributed by atoms with Crippen molar-refractivity contribution in [2.45, 2.75) is 12.8 Å². The van der Waals surface area contributed by atoms with Crippen LogP contribution in [0.2, 0.25) is 0 Å². The predicted octanol–water partition coefficient (Wildman–Crippen LogP) is -0.181. The van der Waals surface area contributed by atoms with E-state index < -0.39 is 0 Å². The van der Waals surface area contributed by atoms with Gasteiger partial charge in [-0.05, 0) is 0 Å². The van der Waals surface area contributed by atoms with Gasteiger partial charge in [0.15, 0.2) is 0 Å². The maximum absolute atomic E-state index is 4.71. The monoisotopic (exact) mass is 428 g/mol. The van der Waals surface area contributed by atoms with Crippen LogP contribution in [0, 0.1) is 0 Å². The van der Waals surface area contributed by atoms with E-state index in [2.05, 4.69) is 83.9 Å². The van der Waals surface area contributed by atoms with E-state index in [1.807, 2.05) is 12.3 Å². The molecule has 4 heteroatoms. The molecule has 1 nitrogen and oxygen atoms in total. The number of halogens is 2. The number of fused-ring (bicyclic) bond motifs is 4. The van der Waals surface area contributed by atoms with Crippen LogP contribution in [-0.4, -0.2) is 4.98 Å². The van der Waals surface area contributed by atoms with Gasteiger partial charge in [0.05, 0.1) is 0 Å². The average Bonchev–Trinajstić information content (AvgIpc) is 2.92. The molecule has 0 N–H and O–H groups in total. The van der Waals surface area contributed by atoms with Crippen molar-refractivity contribution in [3.8, 4) is 0 Å². The van der Waals surface area contributed by atoms with Crippen LogP contribution < -0.4 is 24.8 Å². The molecular formula is C23H16Cl2CrN. The van der Waals surface area contributed by atoms with Gasteiger partial charge in [0.1, 0.15) is 0 Å². The molecule has 1 atom stereocenters. The summed E-state index contributed by atoms with van der Waals surface area (Å²) < 4.78 is 1.28. The fourth-order valence-corrected chi connectivity index (χ4v) is 4.58. The van der Waals surface area contributed by atoms with Crippen LogP contribution >= 0.6 is 0 Å². The maximum atomic E-state index is 4.71. The fourth-order valence-electron chi connectivity index (χ4n) is 4.11. The summed E-state index contributed by atoms with van der Waals surface area (Å²) in [5.74, 6) is 0.246. The van der Waals surface area contributed by atoms with Crippen molar-refractivity contribution in [3.63, 3.8) is 0 Å². The molecule has 1 aliphatic rings. The van der Waals surface area contributed by atoms with Crippen molar-refractivity contribution in [1.82, 2.24) is 4.98 Å². The standard InChI is InChI=1S/C23H16N.2ClH.Cr/c1-15-14-18-12-11-16-6-2-3-9-19(16)22(18)21(15)20-10-4-7-17-8-5-13-24-23(17)20;;;/h2-13,21H,1H3;2*1H;/q;;;+2/p-2. The molecule has 0 aliphatic heterocycles. The first-order valence-corrected chi connectivity index (χ1v) is 9.13. The summed E-state index contributed by atoms with van der Waals surface area (Å²) >= 11 is 3.32. The maximum Gasteiger partial charge on any atom is -1.00 e. The number of rotatable bonds is 1. The van der Waals surface area contributed by atoms with Gasteiger partial charge >= 0.3 is 155 Å². The minimum atomic E-state index is 0. The van der Waals surface area contributed by atoms with Gasteiger partial charge in [-0.3, -0.25) is 0 Å². The molecule has 1 aromatic heterocycles. The van der Waals surface area contributed by atoms with Gasteiger partial charge in [0, 0.05) is 0 Å². The zero-order valence-electron chi connectivity index (χ0n) is 14.6. The van der Waals surface area contributed by atoms with Gasteiger partial charge in [-0.2, -0.15) is 0 Å². The Balaban J connectivity index is 0.00000105. The van der Waals surface area contributed by atoms with Gasteiger partial charge in [-0.1, -0.05) is 0 Å². The summed E-state index contributed by atoms with van der Waals surface area (Å²) in [5, 5.41) is 3.83. The number of benzene rings is 3. The molecule has 5 rings (SSSR count). The molecule has 1 unspecified atom stereocenters. The van der Waals surface area contributed by atoms with Crippen LogP contribution in [0.3, 0.4) is 0 Å². The molecule has 0 saturated heterocycles. The third-order valence-electron chi connectivity index (χ3n) is 5.27. The van der Waals surface area contributed by atoms with Gasteiger partial charge in [0.2, 0.25) is 0 Å². The quantitative estimate of drug-likeness (QED) is 0.409. The van der Waals surface area contributed by atoms with Crippen molar-refractivity contribution in [2.24, 2.45) is 0 Å². The van der Waals surface area contributed by atoms with Crippen molar-refractivity contribution in [3.05, 3.63) is 95.2 Å². The van der Waals surface area contributed by atoms with E-state index in [0.717, 1.165) is 5.52 Å². The molecule has 1 heterocycles. The van der Waals surface area contributed by atoms with E-state index in [0.29, 0.717) is 0 Å². The van der Waals surface area contributed by atoms with Gasteiger partial charge in [-0.25, -0.2) is 0 Å². The molecule has 0 fully saturated rings. The SMILES string of the molecule is CC1=[C]([Cr+2])c2ccc3ccccc3c2C1c1cccc2cccnc12.[Cl-].[Cl-]. The number of hydrogen-bond donors (Lipinski definition) is 0. The van der Waals surface area contributed by atoms with Crippen molar-refractivity contribution >= 4 is 26.1 Å². The number of pyridine rings is 1. The summed E-state index contributed by atoms with van der Waals surface area (Å²) in [4.78, 5) is 4.71. The zero-order chi connectivity index (χ0) is 17.0. The second-order valence-corrected chi connectivity index (χ2v) is 7.25. The van der Waals surface area contributed by atoms with Crippen LogP contribution in [-0.2, 0) is 16.3 Å². The van der Waals surface area contributed by atoms with E-state index in [9.17, 15) is 0 Å². The molecule has 0 saturated carbocycles. The molecule has 0 radical (unpaired) electrons. The van der Waals surface area contributed by atoms with E-state index in [-0.39, 0.29) is 30.7 Å². The molecule has 27 heavy (non-hydrogen) atoms. The number of nitrogens with zero attached hydrogens (tertiary/aromatic N) is 1. The summed E-state index contributed by atoms with van der Waals surface area (Å²) in [5.41, 5.74) is 6.50. The van der Waals surface area contributed by atoms with E-state index >= 15 is 0 Å². The van der Waals surface area contributed by atoms with Crippen molar-refractivity contribution < 1.29 is 41.1 Å². The molecule has 1 aliphatic carbocycles. The Morgan fingerprint density at radius 3 is 2.41 bits per heavy atom. The molecule has 0 bridgehead atoms. The first-order valence-electron chi connectivity index (χ1n) is 8.49. The van der Waals surface area contributed by atoms with Crippen LogP contribution in [0.4, 0.5) is 0 Å². The first kappa shape index (κ1) is 19.9. The Bertz CT molecular complexity index is 1180. The Morgan fingerprint density at radius 1 is 0.815 bits per heavy atom. The predicted molar refractivity (Wildman–Crippen MR) is 100 cm³/mol. The molecular weight excluding hydrogens is 413 g/mol. The topological polar surface area (TPSA) is 12.9 Å². The van der Waals surface area contributed by atoms with Crippen molar-refractivity contribution in [2.75, 3.05) is 0 Å². The molecule has 4 aromatic rings. The second kappa shape index (κ2) is 7.66. The minimum absolute atomic E-state index is 0. The Kier molecular flexibility index (Phi) is 5.66. The van der Waals surface area contributed by atoms with Crippen molar-refractivity contribution in [1.29, 1.82) is 0 Å². The van der Waals surface area contributed by atoms with Gasteiger partial charge in [0.25, 0.3) is 0 Å². The largest absolute Gasteiger partial charge is 1.00 e. The molecule has 3 aromatic carbocycles. The zero-order valence-corrected chi connectivity index (χ0v) is 17.4. The number of para-hydroxylation sites is 1. The van der Waals surface area contributed by atoms with Gasteiger partial charge < -0.3 is 24.8 Å². The normalized spacial score (nSPS) is 15.3. The van der Waals surface area contributed by atoms with E-state index in [1.54, 1.807) is 0 Å². The molecule has 0 spiro atoms. The van der Waals surface area contributed by atoms with Crippen LogP contribution in [0.15, 0.2) is 78.5 Å². The number of hydrogen-bond acceptors (Lipinski definition) is 1. The van der Waals surface area contributed by atoms with Crippen LogP contribution in [0.5, 0.6) is 0 Å². The smallest absolute Gasteiger partial charge is 1.00 e. The summed E-state index contributed by atoms with van der Waals surface area (Å²) in [6.45, 7) is 2.24. The third kappa shape index (κ3) is 2.98. The Morgan fingerprint density at radius 2 is 1.56 bits per heavy atom.